The molecule has 3 heterocycles. The number of alkyl halides is 3. The number of nitrogens with zero attached hydrogens (tertiary/aromatic N) is 4. The first-order valence-electron chi connectivity index (χ1n) is 12.0. The molecular weight excluding hydrogens is 453 g/mol. The van der Waals surface area contributed by atoms with Gasteiger partial charge in [0, 0.05) is 55.0 Å². The number of benzene rings is 2. The van der Waals surface area contributed by atoms with Gasteiger partial charge in [0.25, 0.3) is 0 Å². The van der Waals surface area contributed by atoms with Crippen molar-refractivity contribution in [3.05, 3.63) is 78.0 Å². The maximum Gasteiger partial charge on any atom is 0.416 e. The molecule has 1 fully saturated rings. The van der Waals surface area contributed by atoms with Gasteiger partial charge < -0.3 is 10.3 Å². The minimum atomic E-state index is -4.30. The van der Waals surface area contributed by atoms with E-state index in [0.29, 0.717) is 12.5 Å². The normalized spacial score (nSPS) is 17.3. The Balaban J connectivity index is 1.19. The molecule has 1 saturated heterocycles. The first-order chi connectivity index (χ1) is 17.0. The maximum atomic E-state index is 13.0. The quantitative estimate of drug-likeness (QED) is 0.385. The number of H-pyrrole nitrogens is 1. The van der Waals surface area contributed by atoms with Crippen molar-refractivity contribution in [3.63, 3.8) is 0 Å². The molecule has 1 unspecified atom stereocenters. The topological polar surface area (TPSA) is 61.8 Å². The fraction of sp³-hybridized carbons (Fsp3) is 0.385. The number of aromatic amines is 1. The van der Waals surface area contributed by atoms with E-state index in [1.807, 2.05) is 10.6 Å². The molecule has 2 N–H and O–H groups in total. The van der Waals surface area contributed by atoms with Crippen LogP contribution in [0.15, 0.2) is 61.3 Å². The predicted octanol–water partition coefficient (Wildman–Crippen LogP) is 4.61. The number of nitrogens with one attached hydrogen (secondary N) is 2. The van der Waals surface area contributed by atoms with Gasteiger partial charge in [0.05, 0.1) is 5.56 Å². The zero-order valence-corrected chi connectivity index (χ0v) is 19.4. The van der Waals surface area contributed by atoms with Crippen LogP contribution in [0, 0.1) is 0 Å². The Morgan fingerprint density at radius 2 is 1.89 bits per heavy atom. The van der Waals surface area contributed by atoms with E-state index in [0.717, 1.165) is 68.3 Å². The third-order valence-electron chi connectivity index (χ3n) is 6.87. The van der Waals surface area contributed by atoms with Crippen LogP contribution in [0.25, 0.3) is 16.6 Å². The number of hydrogen-bond donors (Lipinski definition) is 2. The highest BCUT2D eigenvalue weighted by Gasteiger charge is 2.30. The minimum absolute atomic E-state index is 0.382. The molecule has 6 nitrogen and oxygen atoms in total. The first kappa shape index (κ1) is 23.6. The number of halogens is 3. The molecule has 35 heavy (non-hydrogen) atoms. The van der Waals surface area contributed by atoms with Crippen molar-refractivity contribution < 1.29 is 13.2 Å². The lowest BCUT2D eigenvalue weighted by Gasteiger charge is -2.36. The van der Waals surface area contributed by atoms with Crippen LogP contribution in [-0.4, -0.2) is 56.9 Å². The van der Waals surface area contributed by atoms with Crippen molar-refractivity contribution in [3.8, 4) is 5.69 Å². The monoisotopic (exact) mass is 482 g/mol. The van der Waals surface area contributed by atoms with Gasteiger partial charge in [0.1, 0.15) is 12.7 Å². The highest BCUT2D eigenvalue weighted by atomic mass is 19.4. The van der Waals surface area contributed by atoms with Crippen molar-refractivity contribution in [2.24, 2.45) is 0 Å². The Hall–Kier alpha value is -3.17. The zero-order valence-electron chi connectivity index (χ0n) is 19.4. The van der Waals surface area contributed by atoms with Crippen LogP contribution in [0.3, 0.4) is 0 Å². The number of rotatable bonds is 8. The van der Waals surface area contributed by atoms with Gasteiger partial charge in [-0.05, 0) is 61.1 Å². The van der Waals surface area contributed by atoms with Gasteiger partial charge in [-0.1, -0.05) is 18.2 Å². The van der Waals surface area contributed by atoms with Crippen molar-refractivity contribution in [2.75, 3.05) is 26.2 Å². The third kappa shape index (κ3) is 5.57. The van der Waals surface area contributed by atoms with E-state index < -0.39 is 11.7 Å². The average molecular weight is 483 g/mol. The lowest BCUT2D eigenvalue weighted by Crippen LogP contribution is -2.51. The van der Waals surface area contributed by atoms with Crippen molar-refractivity contribution in [1.29, 1.82) is 0 Å². The van der Waals surface area contributed by atoms with Crippen LogP contribution in [0.1, 0.15) is 29.5 Å². The van der Waals surface area contributed by atoms with Crippen LogP contribution in [0.5, 0.6) is 0 Å². The molecule has 4 aromatic rings. The molecule has 9 heteroatoms. The molecule has 1 aliphatic heterocycles. The van der Waals surface area contributed by atoms with E-state index in [4.69, 9.17) is 0 Å². The number of hydrogen-bond acceptors (Lipinski definition) is 4. The summed E-state index contributed by atoms with van der Waals surface area (Å²) in [6, 6.07) is 12.4. The number of piperazine rings is 1. The van der Waals surface area contributed by atoms with Crippen LogP contribution in [0.2, 0.25) is 0 Å². The van der Waals surface area contributed by atoms with Gasteiger partial charge in [0.2, 0.25) is 0 Å². The molecule has 0 radical (unpaired) electrons. The molecule has 2 aromatic carbocycles. The predicted molar refractivity (Wildman–Crippen MR) is 130 cm³/mol. The summed E-state index contributed by atoms with van der Waals surface area (Å²) in [5, 5.41) is 12.5. The summed E-state index contributed by atoms with van der Waals surface area (Å²) in [5.41, 5.74) is 3.59. The summed E-state index contributed by atoms with van der Waals surface area (Å²) in [7, 11) is 0. The Labute approximate surface area is 202 Å². The summed E-state index contributed by atoms with van der Waals surface area (Å²) in [4.78, 5) is 5.79. The standard InChI is InChI=1S/C26H29F3N6/c27-26(28,29)21-5-1-3-19(13-21)9-11-34-12-10-30-16-23(34)6-2-4-20-15-31-25-8-7-22(14-24(20)25)35-17-32-33-18-35/h1,3,5,7-8,13-15,17-18,23,30-31H,2,4,6,9-12,16H2. The molecule has 0 bridgehead atoms. The summed E-state index contributed by atoms with van der Waals surface area (Å²) in [6.07, 6.45) is 4.83. The number of aromatic nitrogens is 4. The smallest absolute Gasteiger partial charge is 0.361 e. The highest BCUT2D eigenvalue weighted by molar-refractivity contribution is 5.85. The third-order valence-corrected chi connectivity index (χ3v) is 6.87. The Bertz CT molecular complexity index is 1250. The highest BCUT2D eigenvalue weighted by Crippen LogP contribution is 2.30. The summed E-state index contributed by atoms with van der Waals surface area (Å²) >= 11 is 0. The van der Waals surface area contributed by atoms with Crippen LogP contribution < -0.4 is 5.32 Å². The van der Waals surface area contributed by atoms with Gasteiger partial charge in [0.15, 0.2) is 0 Å². The van der Waals surface area contributed by atoms with E-state index >= 15 is 0 Å². The van der Waals surface area contributed by atoms with E-state index in [1.54, 1.807) is 18.7 Å². The Morgan fingerprint density at radius 1 is 1.03 bits per heavy atom. The summed E-state index contributed by atoms with van der Waals surface area (Å²) < 4.78 is 41.0. The van der Waals surface area contributed by atoms with Crippen molar-refractivity contribution >= 4 is 10.9 Å². The van der Waals surface area contributed by atoms with Crippen LogP contribution >= 0.6 is 0 Å². The Morgan fingerprint density at radius 3 is 2.71 bits per heavy atom. The second-order valence-corrected chi connectivity index (χ2v) is 9.15. The second-order valence-electron chi connectivity index (χ2n) is 9.15. The van der Waals surface area contributed by atoms with Crippen molar-refractivity contribution in [1.82, 2.24) is 30.0 Å². The average Bonchev–Trinajstić information content (AvgIpc) is 3.53. The fourth-order valence-corrected chi connectivity index (χ4v) is 4.95. The summed E-state index contributed by atoms with van der Waals surface area (Å²) in [6.45, 7) is 3.50. The van der Waals surface area contributed by atoms with Gasteiger partial charge in [-0.25, -0.2) is 0 Å². The SMILES string of the molecule is FC(F)(F)c1cccc(CCN2CCNCC2CCCc2c[nH]c3ccc(-n4cnnc4)cc23)c1. The second kappa shape index (κ2) is 10.2. The maximum absolute atomic E-state index is 13.0. The van der Waals surface area contributed by atoms with Gasteiger partial charge in [-0.2, -0.15) is 13.2 Å². The van der Waals surface area contributed by atoms with E-state index in [2.05, 4.69) is 43.7 Å². The lowest BCUT2D eigenvalue weighted by atomic mass is 10.0. The first-order valence-corrected chi connectivity index (χ1v) is 12.0. The number of fused-ring (bicyclic) bond motifs is 1. The van der Waals surface area contributed by atoms with Gasteiger partial charge in [-0.15, -0.1) is 10.2 Å². The number of aryl methyl sites for hydroxylation is 1. The van der Waals surface area contributed by atoms with Crippen LogP contribution in [-0.2, 0) is 19.0 Å². The summed E-state index contributed by atoms with van der Waals surface area (Å²) in [5.74, 6) is 0. The van der Waals surface area contributed by atoms with Gasteiger partial charge in [-0.3, -0.25) is 9.47 Å². The molecule has 0 aliphatic carbocycles. The van der Waals surface area contributed by atoms with E-state index in [1.165, 1.54) is 23.1 Å². The molecular formula is C26H29F3N6. The largest absolute Gasteiger partial charge is 0.416 e. The van der Waals surface area contributed by atoms with Gasteiger partial charge >= 0.3 is 6.18 Å². The molecule has 0 saturated carbocycles. The Kier molecular flexibility index (Phi) is 6.88. The van der Waals surface area contributed by atoms with Crippen LogP contribution in [0.4, 0.5) is 13.2 Å². The molecule has 0 spiro atoms. The van der Waals surface area contributed by atoms with E-state index in [9.17, 15) is 13.2 Å². The molecule has 1 aliphatic rings. The molecule has 5 rings (SSSR count). The zero-order chi connectivity index (χ0) is 24.3. The molecule has 1 atom stereocenters. The van der Waals surface area contributed by atoms with Crippen molar-refractivity contribution in [2.45, 2.75) is 37.9 Å². The lowest BCUT2D eigenvalue weighted by molar-refractivity contribution is -0.137. The molecule has 2 aromatic heterocycles. The molecule has 184 valence electrons. The fourth-order valence-electron chi connectivity index (χ4n) is 4.95. The molecule has 0 amide bonds. The van der Waals surface area contributed by atoms with E-state index in [-0.39, 0.29) is 0 Å². The minimum Gasteiger partial charge on any atom is -0.361 e.